The molecule has 0 aliphatic heterocycles. The average molecular weight is 308 g/mol. The summed E-state index contributed by atoms with van der Waals surface area (Å²) in [5, 5.41) is 2.96. The Morgan fingerprint density at radius 1 is 1.38 bits per heavy atom. The zero-order chi connectivity index (χ0) is 15.6. The number of hydrogen-bond donors (Lipinski definition) is 1. The largest absolute Gasteiger partial charge is 0.352 e. The third kappa shape index (κ3) is 3.38. The van der Waals surface area contributed by atoms with Gasteiger partial charge in [0.2, 0.25) is 5.91 Å². The molecule has 21 heavy (non-hydrogen) atoms. The van der Waals surface area contributed by atoms with E-state index in [4.69, 9.17) is 11.6 Å². The van der Waals surface area contributed by atoms with Gasteiger partial charge in [0, 0.05) is 18.3 Å². The highest BCUT2D eigenvalue weighted by Gasteiger charge is 2.21. The van der Waals surface area contributed by atoms with Crippen LogP contribution in [-0.4, -0.2) is 27.4 Å². The maximum atomic E-state index is 12.3. The summed E-state index contributed by atoms with van der Waals surface area (Å²) in [6.07, 6.45) is 0.647. The quantitative estimate of drug-likeness (QED) is 0.862. The fraction of sp³-hybridized carbons (Fsp3) is 0.500. The number of nitrogens with zero attached hydrogens (tertiary/aromatic N) is 2. The SMILES string of the molecule is Cc1ccc2nc(CCCl)n(C(C)C(=O)NC(C)C)c2c1. The lowest BCUT2D eigenvalue weighted by Crippen LogP contribution is -2.36. The fourth-order valence-electron chi connectivity index (χ4n) is 2.47. The van der Waals surface area contributed by atoms with Crippen molar-refractivity contribution in [2.45, 2.75) is 46.2 Å². The van der Waals surface area contributed by atoms with E-state index in [-0.39, 0.29) is 18.0 Å². The van der Waals surface area contributed by atoms with Crippen LogP contribution in [0, 0.1) is 6.92 Å². The molecule has 0 aliphatic carbocycles. The Morgan fingerprint density at radius 2 is 2.10 bits per heavy atom. The minimum Gasteiger partial charge on any atom is -0.352 e. The molecular weight excluding hydrogens is 286 g/mol. The van der Waals surface area contributed by atoms with E-state index >= 15 is 0 Å². The van der Waals surface area contributed by atoms with Gasteiger partial charge in [-0.2, -0.15) is 0 Å². The van der Waals surface area contributed by atoms with Crippen LogP contribution in [0.25, 0.3) is 11.0 Å². The Hall–Kier alpha value is -1.55. The van der Waals surface area contributed by atoms with Crippen LogP contribution in [0.3, 0.4) is 0 Å². The first-order valence-corrected chi connectivity index (χ1v) is 7.81. The first kappa shape index (κ1) is 15.8. The maximum absolute atomic E-state index is 12.3. The number of carbonyl (C=O) groups is 1. The van der Waals surface area contributed by atoms with Gasteiger partial charge < -0.3 is 9.88 Å². The normalized spacial score (nSPS) is 12.9. The minimum absolute atomic E-state index is 0.00151. The number of rotatable bonds is 5. The molecule has 0 aliphatic rings. The molecule has 1 aromatic carbocycles. The van der Waals surface area contributed by atoms with Crippen molar-refractivity contribution in [3.8, 4) is 0 Å². The second-order valence-corrected chi connectivity index (χ2v) is 6.05. The molecule has 1 atom stereocenters. The highest BCUT2D eigenvalue weighted by atomic mass is 35.5. The van der Waals surface area contributed by atoms with Gasteiger partial charge in [0.1, 0.15) is 11.9 Å². The summed E-state index contributed by atoms with van der Waals surface area (Å²) < 4.78 is 2.00. The van der Waals surface area contributed by atoms with Gasteiger partial charge in [-0.1, -0.05) is 6.07 Å². The zero-order valence-corrected chi connectivity index (χ0v) is 13.7. The lowest BCUT2D eigenvalue weighted by atomic mass is 10.2. The van der Waals surface area contributed by atoms with E-state index in [9.17, 15) is 4.79 Å². The number of carbonyl (C=O) groups excluding carboxylic acids is 1. The van der Waals surface area contributed by atoms with Crippen LogP contribution < -0.4 is 5.32 Å². The van der Waals surface area contributed by atoms with E-state index in [2.05, 4.69) is 16.4 Å². The molecule has 0 bridgehead atoms. The zero-order valence-electron chi connectivity index (χ0n) is 13.0. The van der Waals surface area contributed by atoms with E-state index in [1.54, 1.807) is 0 Å². The number of hydrogen-bond acceptors (Lipinski definition) is 2. The number of imidazole rings is 1. The number of fused-ring (bicyclic) bond motifs is 1. The Kier molecular flexibility index (Phi) is 4.88. The summed E-state index contributed by atoms with van der Waals surface area (Å²) in [7, 11) is 0. The molecule has 2 aromatic rings. The molecule has 2 rings (SSSR count). The number of alkyl halides is 1. The number of amides is 1. The topological polar surface area (TPSA) is 46.9 Å². The monoisotopic (exact) mass is 307 g/mol. The van der Waals surface area contributed by atoms with Gasteiger partial charge in [0.05, 0.1) is 11.0 Å². The number of benzene rings is 1. The summed E-state index contributed by atoms with van der Waals surface area (Å²) in [4.78, 5) is 17.0. The number of aryl methyl sites for hydroxylation is 2. The minimum atomic E-state index is -0.308. The third-order valence-corrected chi connectivity index (χ3v) is 3.62. The summed E-state index contributed by atoms with van der Waals surface area (Å²) in [5.74, 6) is 1.35. The summed E-state index contributed by atoms with van der Waals surface area (Å²) in [6.45, 7) is 7.86. The highest BCUT2D eigenvalue weighted by Crippen LogP contribution is 2.23. The van der Waals surface area contributed by atoms with Crippen LogP contribution >= 0.6 is 11.6 Å². The molecule has 1 unspecified atom stereocenters. The fourth-order valence-corrected chi connectivity index (χ4v) is 2.64. The molecule has 1 N–H and O–H groups in total. The summed E-state index contributed by atoms with van der Waals surface area (Å²) >= 11 is 5.88. The molecule has 0 saturated carbocycles. The molecule has 0 spiro atoms. The summed E-state index contributed by atoms with van der Waals surface area (Å²) in [6, 6.07) is 5.90. The number of aromatic nitrogens is 2. The molecule has 0 saturated heterocycles. The van der Waals surface area contributed by atoms with Crippen molar-refractivity contribution in [3.05, 3.63) is 29.6 Å². The lowest BCUT2D eigenvalue weighted by Gasteiger charge is -2.19. The van der Waals surface area contributed by atoms with Gasteiger partial charge in [-0.25, -0.2) is 4.98 Å². The first-order chi connectivity index (χ1) is 9.93. The van der Waals surface area contributed by atoms with E-state index in [0.29, 0.717) is 12.3 Å². The predicted molar refractivity (Wildman–Crippen MR) is 86.9 cm³/mol. The van der Waals surface area contributed by atoms with Crippen molar-refractivity contribution < 1.29 is 4.79 Å². The standard InChI is InChI=1S/C16H22ClN3O/c1-10(2)18-16(21)12(4)20-14-9-11(3)5-6-13(14)19-15(20)7-8-17/h5-6,9-10,12H,7-8H2,1-4H3,(H,18,21). The molecule has 1 aromatic heterocycles. The van der Waals surface area contributed by atoms with Crippen molar-refractivity contribution in [1.82, 2.24) is 14.9 Å². The van der Waals surface area contributed by atoms with Gasteiger partial charge in [-0.15, -0.1) is 11.6 Å². The average Bonchev–Trinajstić information content (AvgIpc) is 2.74. The van der Waals surface area contributed by atoms with Gasteiger partial charge >= 0.3 is 0 Å². The van der Waals surface area contributed by atoms with Gasteiger partial charge in [0.25, 0.3) is 0 Å². The van der Waals surface area contributed by atoms with Crippen molar-refractivity contribution in [2.24, 2.45) is 0 Å². The van der Waals surface area contributed by atoms with Gasteiger partial charge in [0.15, 0.2) is 0 Å². The van der Waals surface area contributed by atoms with Crippen molar-refractivity contribution in [1.29, 1.82) is 0 Å². The predicted octanol–water partition coefficient (Wildman–Crippen LogP) is 3.21. The maximum Gasteiger partial charge on any atom is 0.243 e. The molecule has 114 valence electrons. The van der Waals surface area contributed by atoms with Crippen molar-refractivity contribution >= 4 is 28.5 Å². The van der Waals surface area contributed by atoms with Crippen LogP contribution in [0.5, 0.6) is 0 Å². The molecule has 1 heterocycles. The van der Waals surface area contributed by atoms with E-state index in [0.717, 1.165) is 22.4 Å². The Labute approximate surface area is 130 Å². The second kappa shape index (κ2) is 6.48. The van der Waals surface area contributed by atoms with Crippen LogP contribution in [0.2, 0.25) is 0 Å². The molecule has 4 nitrogen and oxygen atoms in total. The van der Waals surface area contributed by atoms with Crippen LogP contribution in [0.4, 0.5) is 0 Å². The number of nitrogens with one attached hydrogen (secondary N) is 1. The van der Waals surface area contributed by atoms with Crippen LogP contribution in [0.1, 0.15) is 38.2 Å². The molecular formula is C16H22ClN3O. The Balaban J connectivity index is 2.50. The third-order valence-electron chi connectivity index (χ3n) is 3.43. The Morgan fingerprint density at radius 3 is 2.71 bits per heavy atom. The van der Waals surface area contributed by atoms with E-state index in [1.807, 2.05) is 44.4 Å². The molecule has 0 radical (unpaired) electrons. The van der Waals surface area contributed by atoms with Crippen LogP contribution in [-0.2, 0) is 11.2 Å². The van der Waals surface area contributed by atoms with Gasteiger partial charge in [-0.3, -0.25) is 4.79 Å². The van der Waals surface area contributed by atoms with Crippen molar-refractivity contribution in [2.75, 3.05) is 5.88 Å². The number of halogens is 1. The van der Waals surface area contributed by atoms with Crippen molar-refractivity contribution in [3.63, 3.8) is 0 Å². The van der Waals surface area contributed by atoms with E-state index < -0.39 is 0 Å². The second-order valence-electron chi connectivity index (χ2n) is 5.67. The lowest BCUT2D eigenvalue weighted by molar-refractivity contribution is -0.124. The van der Waals surface area contributed by atoms with Gasteiger partial charge in [-0.05, 0) is 45.4 Å². The highest BCUT2D eigenvalue weighted by molar-refractivity contribution is 6.17. The van der Waals surface area contributed by atoms with E-state index in [1.165, 1.54) is 0 Å². The Bertz CT molecular complexity index is 648. The smallest absolute Gasteiger partial charge is 0.243 e. The van der Waals surface area contributed by atoms with Crippen LogP contribution in [0.15, 0.2) is 18.2 Å². The molecule has 0 fully saturated rings. The molecule has 1 amide bonds. The summed E-state index contributed by atoms with van der Waals surface area (Å²) in [5.41, 5.74) is 3.05. The molecule has 5 heteroatoms. The first-order valence-electron chi connectivity index (χ1n) is 7.27.